The Balaban J connectivity index is 1.65. The standard InChI is InChI=1S/C28H31F4N5O3S/c1-19-6-4-8-23(16-19)36-12-14-37(15-13-36)27(28(30,31)32,22-7-5-11-33-18-22)34-26(38)20(2)21-9-10-25(24(29)17-21)35-41(3,39)40/h4-11,16-18,20,35H,12-15H2,1-3H3,(H,34,38). The third kappa shape index (κ3) is 6.62. The molecule has 0 aliphatic carbocycles. The number of aromatic nitrogens is 1. The van der Waals surface area contributed by atoms with E-state index in [4.69, 9.17) is 0 Å². The lowest BCUT2D eigenvalue weighted by atomic mass is 9.93. The summed E-state index contributed by atoms with van der Waals surface area (Å²) in [4.78, 5) is 20.6. The smallest absolute Gasteiger partial charge is 0.369 e. The summed E-state index contributed by atoms with van der Waals surface area (Å²) in [6.45, 7) is 3.83. The van der Waals surface area contributed by atoms with Crippen LogP contribution in [0.5, 0.6) is 0 Å². The van der Waals surface area contributed by atoms with Crippen LogP contribution >= 0.6 is 0 Å². The lowest BCUT2D eigenvalue weighted by molar-refractivity contribution is -0.251. The third-order valence-electron chi connectivity index (χ3n) is 7.10. The van der Waals surface area contributed by atoms with Crippen LogP contribution in [-0.2, 0) is 20.5 Å². The molecule has 220 valence electrons. The maximum atomic E-state index is 15.2. The summed E-state index contributed by atoms with van der Waals surface area (Å²) in [5.74, 6) is -3.16. The number of alkyl halides is 3. The Morgan fingerprint density at radius 3 is 2.29 bits per heavy atom. The second kappa shape index (κ2) is 11.6. The number of halogens is 4. The van der Waals surface area contributed by atoms with Gasteiger partial charge in [0.15, 0.2) is 0 Å². The van der Waals surface area contributed by atoms with E-state index in [1.54, 1.807) is 0 Å². The number of piperazine rings is 1. The van der Waals surface area contributed by atoms with Crippen molar-refractivity contribution in [3.63, 3.8) is 0 Å². The van der Waals surface area contributed by atoms with Crippen molar-refractivity contribution in [2.75, 3.05) is 42.1 Å². The molecule has 0 bridgehead atoms. The topological polar surface area (TPSA) is 94.6 Å². The molecule has 13 heteroatoms. The minimum absolute atomic E-state index is 0.0164. The summed E-state index contributed by atoms with van der Waals surface area (Å²) in [6, 6.07) is 13.7. The Labute approximate surface area is 236 Å². The molecule has 2 atom stereocenters. The number of amides is 1. The van der Waals surface area contributed by atoms with Crippen LogP contribution in [0.3, 0.4) is 0 Å². The van der Waals surface area contributed by atoms with Gasteiger partial charge in [0.2, 0.25) is 21.6 Å². The summed E-state index contributed by atoms with van der Waals surface area (Å²) in [6.07, 6.45) is -1.67. The molecule has 0 saturated carbocycles. The first-order valence-electron chi connectivity index (χ1n) is 12.8. The van der Waals surface area contributed by atoms with Crippen molar-refractivity contribution in [2.24, 2.45) is 0 Å². The lowest BCUT2D eigenvalue weighted by Crippen LogP contribution is -2.69. The number of anilines is 2. The van der Waals surface area contributed by atoms with Crippen molar-refractivity contribution in [3.8, 4) is 0 Å². The second-order valence-corrected chi connectivity index (χ2v) is 11.8. The van der Waals surface area contributed by atoms with E-state index in [1.807, 2.05) is 40.8 Å². The number of nitrogens with zero attached hydrogens (tertiary/aromatic N) is 3. The number of hydrogen-bond donors (Lipinski definition) is 2. The zero-order chi connectivity index (χ0) is 30.0. The van der Waals surface area contributed by atoms with Crippen LogP contribution in [0.4, 0.5) is 28.9 Å². The van der Waals surface area contributed by atoms with Gasteiger partial charge in [-0.25, -0.2) is 12.8 Å². The van der Waals surface area contributed by atoms with Gasteiger partial charge in [-0.2, -0.15) is 13.2 Å². The molecule has 4 rings (SSSR count). The maximum Gasteiger partial charge on any atom is 0.429 e. The molecule has 2 heterocycles. The van der Waals surface area contributed by atoms with E-state index in [0.29, 0.717) is 0 Å². The van der Waals surface area contributed by atoms with Gasteiger partial charge in [0.1, 0.15) is 5.82 Å². The van der Waals surface area contributed by atoms with Gasteiger partial charge in [0.05, 0.1) is 17.9 Å². The highest BCUT2D eigenvalue weighted by atomic mass is 32.2. The van der Waals surface area contributed by atoms with Gasteiger partial charge in [-0.05, 0) is 55.3 Å². The second-order valence-electron chi connectivity index (χ2n) is 10.1. The molecule has 8 nitrogen and oxygen atoms in total. The molecule has 41 heavy (non-hydrogen) atoms. The van der Waals surface area contributed by atoms with Crippen LogP contribution in [0, 0.1) is 12.7 Å². The van der Waals surface area contributed by atoms with Crippen LogP contribution in [0.25, 0.3) is 0 Å². The van der Waals surface area contributed by atoms with Crippen LogP contribution in [-0.4, -0.2) is 62.8 Å². The Kier molecular flexibility index (Phi) is 8.59. The van der Waals surface area contributed by atoms with Gasteiger partial charge in [-0.15, -0.1) is 0 Å². The van der Waals surface area contributed by atoms with Crippen LogP contribution in [0.2, 0.25) is 0 Å². The van der Waals surface area contributed by atoms with Gasteiger partial charge >= 0.3 is 6.18 Å². The van der Waals surface area contributed by atoms with E-state index in [-0.39, 0.29) is 43.0 Å². The summed E-state index contributed by atoms with van der Waals surface area (Å²) < 4.78 is 85.2. The molecule has 1 aromatic heterocycles. The van der Waals surface area contributed by atoms with E-state index in [2.05, 4.69) is 10.3 Å². The monoisotopic (exact) mass is 593 g/mol. The van der Waals surface area contributed by atoms with Crippen LogP contribution < -0.4 is 14.9 Å². The summed E-state index contributed by atoms with van der Waals surface area (Å²) in [5, 5.41) is 2.26. The Bertz CT molecular complexity index is 1500. The van der Waals surface area contributed by atoms with Gasteiger partial charge in [0.25, 0.3) is 0 Å². The molecule has 1 aliphatic heterocycles. The molecular weight excluding hydrogens is 562 g/mol. The molecule has 1 fully saturated rings. The number of sulfonamides is 1. The SMILES string of the molecule is Cc1cccc(N2CCN(C(NC(=O)C(C)c3ccc(NS(C)(=O)=O)c(F)c3)(c3cccnc3)C(F)(F)F)CC2)c1. The van der Waals surface area contributed by atoms with Crippen LogP contribution in [0.15, 0.2) is 67.0 Å². The number of rotatable bonds is 8. The van der Waals surface area contributed by atoms with Crippen molar-refractivity contribution in [3.05, 3.63) is 89.5 Å². The van der Waals surface area contributed by atoms with E-state index in [0.717, 1.165) is 35.8 Å². The number of pyridine rings is 1. The average Bonchev–Trinajstić information content (AvgIpc) is 2.91. The Morgan fingerprint density at radius 2 is 1.73 bits per heavy atom. The number of aryl methyl sites for hydroxylation is 1. The summed E-state index contributed by atoms with van der Waals surface area (Å²) >= 11 is 0. The number of hydrogen-bond acceptors (Lipinski definition) is 6. The largest absolute Gasteiger partial charge is 0.429 e. The van der Waals surface area contributed by atoms with Gasteiger partial charge < -0.3 is 10.2 Å². The fourth-order valence-corrected chi connectivity index (χ4v) is 5.54. The fourth-order valence-electron chi connectivity index (χ4n) is 4.97. The first kappa shape index (κ1) is 30.3. The molecular formula is C28H31F4N5O3S. The quantitative estimate of drug-likeness (QED) is 0.377. The van der Waals surface area contributed by atoms with Gasteiger partial charge in [0, 0.05) is 49.8 Å². The molecule has 0 radical (unpaired) electrons. The molecule has 2 N–H and O–H groups in total. The normalized spacial score (nSPS) is 17.0. The van der Waals surface area contributed by atoms with E-state index in [1.165, 1.54) is 36.2 Å². The van der Waals surface area contributed by atoms with Crippen molar-refractivity contribution in [2.45, 2.75) is 31.6 Å². The molecule has 1 saturated heterocycles. The number of carbonyl (C=O) groups excluding carboxylic acids is 1. The third-order valence-corrected chi connectivity index (χ3v) is 7.69. The summed E-state index contributed by atoms with van der Waals surface area (Å²) in [7, 11) is -3.77. The number of benzene rings is 2. The van der Waals surface area contributed by atoms with Gasteiger partial charge in [-0.3, -0.25) is 19.4 Å². The summed E-state index contributed by atoms with van der Waals surface area (Å²) in [5.41, 5.74) is -1.49. The van der Waals surface area contributed by atoms with Gasteiger partial charge in [-0.1, -0.05) is 24.3 Å². The molecule has 3 aromatic rings. The van der Waals surface area contributed by atoms with Crippen molar-refractivity contribution in [1.82, 2.24) is 15.2 Å². The number of nitrogens with one attached hydrogen (secondary N) is 2. The highest BCUT2D eigenvalue weighted by molar-refractivity contribution is 7.92. The highest BCUT2D eigenvalue weighted by Crippen LogP contribution is 2.43. The van der Waals surface area contributed by atoms with Crippen LogP contribution in [0.1, 0.15) is 29.5 Å². The predicted molar refractivity (Wildman–Crippen MR) is 148 cm³/mol. The van der Waals surface area contributed by atoms with E-state index < -0.39 is 39.5 Å². The zero-order valence-electron chi connectivity index (χ0n) is 22.7. The predicted octanol–water partition coefficient (Wildman–Crippen LogP) is 4.36. The molecule has 1 amide bonds. The lowest BCUT2D eigenvalue weighted by Gasteiger charge is -2.49. The van der Waals surface area contributed by atoms with Crippen molar-refractivity contribution < 1.29 is 30.8 Å². The number of carbonyl (C=O) groups is 1. The van der Waals surface area contributed by atoms with Crippen molar-refractivity contribution >= 4 is 27.3 Å². The molecule has 2 aromatic carbocycles. The Hall–Kier alpha value is -3.71. The first-order chi connectivity index (χ1) is 19.2. The highest BCUT2D eigenvalue weighted by Gasteiger charge is 2.61. The molecule has 1 aliphatic rings. The van der Waals surface area contributed by atoms with Crippen molar-refractivity contribution in [1.29, 1.82) is 0 Å². The maximum absolute atomic E-state index is 15.2. The Morgan fingerprint density at radius 1 is 1.02 bits per heavy atom. The molecule has 2 unspecified atom stereocenters. The zero-order valence-corrected chi connectivity index (χ0v) is 23.6. The van der Waals surface area contributed by atoms with E-state index in [9.17, 15) is 17.6 Å². The fraction of sp³-hybridized carbons (Fsp3) is 0.357. The minimum Gasteiger partial charge on any atom is -0.369 e. The minimum atomic E-state index is -4.95. The average molecular weight is 594 g/mol. The first-order valence-corrected chi connectivity index (χ1v) is 14.7. The molecule has 0 spiro atoms. The van der Waals surface area contributed by atoms with E-state index >= 15 is 13.2 Å².